The van der Waals surface area contributed by atoms with Gasteiger partial charge in [0.15, 0.2) is 11.6 Å². The first-order valence-corrected chi connectivity index (χ1v) is 11.5. The van der Waals surface area contributed by atoms with Gasteiger partial charge in [-0.25, -0.2) is 24.0 Å². The predicted octanol–water partition coefficient (Wildman–Crippen LogP) is 2.61. The molecule has 1 aliphatic heterocycles. The van der Waals surface area contributed by atoms with Crippen molar-refractivity contribution in [1.82, 2.24) is 19.6 Å². The molecule has 1 aliphatic rings. The summed E-state index contributed by atoms with van der Waals surface area (Å²) in [5.74, 6) is -0.179. The number of halogens is 2. The van der Waals surface area contributed by atoms with Gasteiger partial charge in [-0.1, -0.05) is 23.7 Å². The molecule has 0 spiro atoms. The fourth-order valence-corrected chi connectivity index (χ4v) is 3.91. The quantitative estimate of drug-likeness (QED) is 0.456. The van der Waals surface area contributed by atoms with Gasteiger partial charge >= 0.3 is 6.01 Å². The average molecular weight is 496 g/mol. The first-order chi connectivity index (χ1) is 15.8. The third-order valence-electron chi connectivity index (χ3n) is 4.74. The summed E-state index contributed by atoms with van der Waals surface area (Å²) < 4.78 is 53.6. The summed E-state index contributed by atoms with van der Waals surface area (Å²) in [6.07, 6.45) is 1.64. The van der Waals surface area contributed by atoms with Crippen molar-refractivity contribution < 1.29 is 27.4 Å². The molecular formula is C20H19ClFN5O5S. The zero-order chi connectivity index (χ0) is 23.6. The minimum Gasteiger partial charge on any atom is -0.451 e. The largest absolute Gasteiger partial charge is 0.451 e. The van der Waals surface area contributed by atoms with Gasteiger partial charge in [0, 0.05) is 49.7 Å². The lowest BCUT2D eigenvalue weighted by molar-refractivity contribution is -0.156. The van der Waals surface area contributed by atoms with E-state index in [1.54, 1.807) is 12.1 Å². The smallest absolute Gasteiger partial charge is 0.321 e. The van der Waals surface area contributed by atoms with E-state index in [9.17, 15) is 17.9 Å². The molecule has 0 aliphatic carbocycles. The van der Waals surface area contributed by atoms with Gasteiger partial charge < -0.3 is 14.6 Å². The van der Waals surface area contributed by atoms with Crippen molar-refractivity contribution in [2.75, 3.05) is 11.8 Å². The maximum Gasteiger partial charge on any atom is 0.321 e. The molecule has 0 radical (unpaired) electrons. The molecule has 4 rings (SSSR count). The number of anilines is 1. The molecule has 10 nitrogen and oxygen atoms in total. The van der Waals surface area contributed by atoms with Gasteiger partial charge in [-0.05, 0) is 18.2 Å². The third kappa shape index (κ3) is 5.31. The fraction of sp³-hybridized carbons (Fsp3) is 0.200. The minimum absolute atomic E-state index is 0.0602. The molecule has 3 aromatic rings. The van der Waals surface area contributed by atoms with Crippen molar-refractivity contribution in [2.45, 2.75) is 19.5 Å². The monoisotopic (exact) mass is 495 g/mol. The number of aliphatic hydroxyl groups excluding tert-OH is 1. The summed E-state index contributed by atoms with van der Waals surface area (Å²) in [4.78, 5) is 9.40. The Kier molecular flexibility index (Phi) is 6.63. The van der Waals surface area contributed by atoms with Crippen LogP contribution in [0.15, 0.2) is 48.8 Å². The minimum atomic E-state index is -3.89. The van der Waals surface area contributed by atoms with Crippen LogP contribution in [-0.2, 0) is 23.3 Å². The molecule has 0 saturated heterocycles. The molecule has 33 heavy (non-hydrogen) atoms. The van der Waals surface area contributed by atoms with Crippen LogP contribution < -0.4 is 18.9 Å². The second kappa shape index (κ2) is 9.45. The molecule has 0 fully saturated rings. The molecule has 3 N–H and O–H groups in total. The Hall–Kier alpha value is -3.03. The highest BCUT2D eigenvalue weighted by molar-refractivity contribution is 7.90. The molecule has 0 bridgehead atoms. The summed E-state index contributed by atoms with van der Waals surface area (Å²) in [5, 5.41) is 10.7. The molecule has 1 atom stereocenters. The third-order valence-corrected chi connectivity index (χ3v) is 6.06. The van der Waals surface area contributed by atoms with E-state index in [0.29, 0.717) is 11.3 Å². The normalized spacial score (nSPS) is 16.1. The Bertz CT molecular complexity index is 1270. The molecule has 0 amide bonds. The van der Waals surface area contributed by atoms with Gasteiger partial charge in [-0.2, -0.15) is 8.42 Å². The molecule has 1 unspecified atom stereocenters. The van der Waals surface area contributed by atoms with Crippen LogP contribution >= 0.6 is 11.6 Å². The van der Waals surface area contributed by atoms with Crippen molar-refractivity contribution in [3.05, 3.63) is 70.8 Å². The molecular weight excluding hydrogens is 477 g/mol. The number of nitrogens with one attached hydrogen (secondary N) is 2. The zero-order valence-electron chi connectivity index (χ0n) is 17.2. The van der Waals surface area contributed by atoms with Crippen LogP contribution in [0.25, 0.3) is 0 Å². The Labute approximate surface area is 194 Å². The van der Waals surface area contributed by atoms with Crippen molar-refractivity contribution in [2.24, 2.45) is 0 Å². The number of fused-ring (bicyclic) bond motifs is 1. The van der Waals surface area contributed by atoms with Gasteiger partial charge in [-0.3, -0.25) is 4.72 Å². The molecule has 13 heteroatoms. The topological polar surface area (TPSA) is 126 Å². The summed E-state index contributed by atoms with van der Waals surface area (Å²) in [6.45, 7) is 0.125. The highest BCUT2D eigenvalue weighted by Crippen LogP contribution is 2.38. The first kappa shape index (κ1) is 23.1. The van der Waals surface area contributed by atoms with Crippen LogP contribution in [0.4, 0.5) is 10.1 Å². The second-order valence-electron chi connectivity index (χ2n) is 6.96. The van der Waals surface area contributed by atoms with E-state index in [2.05, 4.69) is 19.4 Å². The molecule has 0 saturated carbocycles. The Morgan fingerprint density at radius 2 is 2.06 bits per heavy atom. The Morgan fingerprint density at radius 1 is 1.30 bits per heavy atom. The maximum absolute atomic E-state index is 14.9. The van der Waals surface area contributed by atoms with Crippen molar-refractivity contribution in [3.8, 4) is 17.5 Å². The second-order valence-corrected chi connectivity index (χ2v) is 8.99. The lowest BCUT2D eigenvalue weighted by atomic mass is 10.1. The van der Waals surface area contributed by atoms with Crippen molar-refractivity contribution in [3.63, 3.8) is 0 Å². The molecule has 2 aromatic carbocycles. The van der Waals surface area contributed by atoms with Gasteiger partial charge in [0.1, 0.15) is 5.75 Å². The van der Waals surface area contributed by atoms with Crippen molar-refractivity contribution >= 4 is 27.5 Å². The van der Waals surface area contributed by atoms with Crippen LogP contribution in [0, 0.1) is 5.82 Å². The number of hydrogen-bond donors (Lipinski definition) is 3. The lowest BCUT2D eigenvalue weighted by Gasteiger charge is -2.34. The standard InChI is InChI=1S/C20H19ClFN5O5S/c1-23-33(29,30)26-15-5-2-4-12(18(15)22)10-27-11-13-8-14(21)17(9-16(13)32-20(27)28)31-19-24-6-3-7-25-19/h2-9,20,23,26,28H,10-11H2,1H3. The van der Waals surface area contributed by atoms with Gasteiger partial charge in [0.05, 0.1) is 10.7 Å². The molecule has 174 valence electrons. The predicted molar refractivity (Wildman–Crippen MR) is 117 cm³/mol. The zero-order valence-corrected chi connectivity index (χ0v) is 18.8. The number of aliphatic hydroxyl groups is 1. The number of nitrogens with zero attached hydrogens (tertiary/aromatic N) is 3. The number of rotatable bonds is 7. The number of aromatic nitrogens is 2. The molecule has 1 aromatic heterocycles. The van der Waals surface area contributed by atoms with E-state index in [-0.39, 0.29) is 41.1 Å². The van der Waals surface area contributed by atoms with E-state index < -0.39 is 22.4 Å². The van der Waals surface area contributed by atoms with Crippen LogP contribution in [0.1, 0.15) is 11.1 Å². The number of benzene rings is 2. The number of ether oxygens (including phenoxy) is 2. The SMILES string of the molecule is CNS(=O)(=O)Nc1cccc(CN2Cc3cc(Cl)c(Oc4ncccn4)cc3OC2O)c1F. The fourth-order valence-electron chi connectivity index (χ4n) is 3.14. The van der Waals surface area contributed by atoms with Gasteiger partial charge in [0.25, 0.3) is 16.6 Å². The lowest BCUT2D eigenvalue weighted by Crippen LogP contribution is -2.42. The Balaban J connectivity index is 1.53. The van der Waals surface area contributed by atoms with Crippen molar-refractivity contribution in [1.29, 1.82) is 0 Å². The highest BCUT2D eigenvalue weighted by atomic mass is 35.5. The van der Waals surface area contributed by atoms with E-state index >= 15 is 0 Å². The summed E-state index contributed by atoms with van der Waals surface area (Å²) >= 11 is 6.33. The summed E-state index contributed by atoms with van der Waals surface area (Å²) in [6, 6.07) is 9.15. The first-order valence-electron chi connectivity index (χ1n) is 9.60. The van der Waals surface area contributed by atoms with Crippen LogP contribution in [0.2, 0.25) is 5.02 Å². The van der Waals surface area contributed by atoms with Crippen LogP contribution in [0.3, 0.4) is 0 Å². The van der Waals surface area contributed by atoms with E-state index in [0.717, 1.165) is 0 Å². The Morgan fingerprint density at radius 3 is 2.79 bits per heavy atom. The van der Waals surface area contributed by atoms with Crippen LogP contribution in [0.5, 0.6) is 17.5 Å². The average Bonchev–Trinajstić information content (AvgIpc) is 2.78. The van der Waals surface area contributed by atoms with Gasteiger partial charge in [0.2, 0.25) is 0 Å². The van der Waals surface area contributed by atoms with Crippen LogP contribution in [-0.4, -0.2) is 41.9 Å². The van der Waals surface area contributed by atoms with E-state index in [4.69, 9.17) is 21.1 Å². The highest BCUT2D eigenvalue weighted by Gasteiger charge is 2.28. The molecule has 2 heterocycles. The van der Waals surface area contributed by atoms with Gasteiger partial charge in [-0.15, -0.1) is 0 Å². The van der Waals surface area contributed by atoms with E-state index in [1.807, 2.05) is 0 Å². The summed E-state index contributed by atoms with van der Waals surface area (Å²) in [7, 11) is -2.68. The number of hydrogen-bond acceptors (Lipinski definition) is 8. The summed E-state index contributed by atoms with van der Waals surface area (Å²) in [5.41, 5.74) is 0.575. The van der Waals surface area contributed by atoms with E-state index in [1.165, 1.54) is 48.6 Å². The maximum atomic E-state index is 14.9.